The number of nitrogens with zero attached hydrogens (tertiary/aromatic N) is 4. The first-order valence-electron chi connectivity index (χ1n) is 6.72. The van der Waals surface area contributed by atoms with Crippen LogP contribution in [0, 0.1) is 13.8 Å². The van der Waals surface area contributed by atoms with E-state index in [1.165, 1.54) is 7.11 Å². The van der Waals surface area contributed by atoms with Crippen molar-refractivity contribution in [3.05, 3.63) is 20.6 Å². The standard InChI is InChI=1S/C13H16N4O2S2/c1-7-10(12(18)19-3)14-11(20-7)9-5-4-6-17(9)13-16-15-8(2)21-13/h9H,4-6H2,1-3H3/t9-/m0/s1. The minimum atomic E-state index is -0.369. The number of methoxy groups -OCH3 is 1. The Labute approximate surface area is 130 Å². The molecule has 0 saturated carbocycles. The summed E-state index contributed by atoms with van der Waals surface area (Å²) in [7, 11) is 1.38. The van der Waals surface area contributed by atoms with E-state index in [1.807, 2.05) is 13.8 Å². The fourth-order valence-electron chi connectivity index (χ4n) is 2.50. The summed E-state index contributed by atoms with van der Waals surface area (Å²) in [5.41, 5.74) is 0.429. The zero-order chi connectivity index (χ0) is 15.0. The molecule has 1 fully saturated rings. The lowest BCUT2D eigenvalue weighted by Gasteiger charge is -2.21. The van der Waals surface area contributed by atoms with E-state index in [1.54, 1.807) is 22.7 Å². The molecule has 0 bridgehead atoms. The van der Waals surface area contributed by atoms with Crippen LogP contribution in [0.2, 0.25) is 0 Å². The lowest BCUT2D eigenvalue weighted by molar-refractivity contribution is 0.0594. The Hall–Kier alpha value is -1.54. The SMILES string of the molecule is COC(=O)c1nc([C@@H]2CCCN2c2nnc(C)s2)sc1C. The fourth-order valence-corrected chi connectivity index (χ4v) is 4.32. The van der Waals surface area contributed by atoms with Crippen molar-refractivity contribution in [1.82, 2.24) is 15.2 Å². The molecule has 112 valence electrons. The molecule has 0 unspecified atom stereocenters. The van der Waals surface area contributed by atoms with E-state index in [9.17, 15) is 4.79 Å². The predicted octanol–water partition coefficient (Wildman–Crippen LogP) is 2.74. The van der Waals surface area contributed by atoms with Crippen molar-refractivity contribution in [3.8, 4) is 0 Å². The highest BCUT2D eigenvalue weighted by Crippen LogP contribution is 2.39. The van der Waals surface area contributed by atoms with Crippen LogP contribution in [0.25, 0.3) is 0 Å². The van der Waals surface area contributed by atoms with Crippen LogP contribution in [-0.2, 0) is 4.74 Å². The van der Waals surface area contributed by atoms with Crippen LogP contribution >= 0.6 is 22.7 Å². The van der Waals surface area contributed by atoms with Gasteiger partial charge in [-0.1, -0.05) is 11.3 Å². The summed E-state index contributed by atoms with van der Waals surface area (Å²) < 4.78 is 4.78. The van der Waals surface area contributed by atoms with Crippen LogP contribution in [0.4, 0.5) is 5.13 Å². The summed E-state index contributed by atoms with van der Waals surface area (Å²) >= 11 is 3.16. The quantitative estimate of drug-likeness (QED) is 0.809. The van der Waals surface area contributed by atoms with E-state index >= 15 is 0 Å². The summed E-state index contributed by atoms with van der Waals surface area (Å²) in [6, 6.07) is 0.180. The van der Waals surface area contributed by atoms with Crippen LogP contribution in [0.1, 0.15) is 44.3 Å². The van der Waals surface area contributed by atoms with Crippen LogP contribution in [0.3, 0.4) is 0 Å². The fraction of sp³-hybridized carbons (Fsp3) is 0.538. The average molecular weight is 324 g/mol. The molecule has 1 aliphatic heterocycles. The molecule has 0 amide bonds. The summed E-state index contributed by atoms with van der Waals surface area (Å²) in [5, 5.41) is 11.2. The Morgan fingerprint density at radius 2 is 2.14 bits per heavy atom. The van der Waals surface area contributed by atoms with Gasteiger partial charge in [-0.25, -0.2) is 9.78 Å². The average Bonchev–Trinajstić information content (AvgIpc) is 3.16. The number of ether oxygens (including phenoxy) is 1. The van der Waals surface area contributed by atoms with Gasteiger partial charge in [0.15, 0.2) is 5.69 Å². The molecule has 2 aromatic rings. The van der Waals surface area contributed by atoms with Gasteiger partial charge in [-0.2, -0.15) is 0 Å². The molecule has 1 aliphatic rings. The minimum Gasteiger partial charge on any atom is -0.464 e. The molecule has 0 aromatic carbocycles. The zero-order valence-electron chi connectivity index (χ0n) is 12.1. The largest absolute Gasteiger partial charge is 0.464 e. The Morgan fingerprint density at radius 1 is 1.33 bits per heavy atom. The third-order valence-corrected chi connectivity index (χ3v) is 5.44. The van der Waals surface area contributed by atoms with Gasteiger partial charge < -0.3 is 9.64 Å². The van der Waals surface area contributed by atoms with E-state index in [-0.39, 0.29) is 12.0 Å². The van der Waals surface area contributed by atoms with Gasteiger partial charge >= 0.3 is 5.97 Å². The lowest BCUT2D eigenvalue weighted by Crippen LogP contribution is -2.22. The van der Waals surface area contributed by atoms with Crippen molar-refractivity contribution < 1.29 is 9.53 Å². The number of aryl methyl sites for hydroxylation is 2. The maximum Gasteiger partial charge on any atom is 0.357 e. The van der Waals surface area contributed by atoms with Crippen molar-refractivity contribution >= 4 is 33.8 Å². The van der Waals surface area contributed by atoms with Crippen molar-refractivity contribution in [2.24, 2.45) is 0 Å². The van der Waals surface area contributed by atoms with Gasteiger partial charge in [-0.05, 0) is 26.7 Å². The number of aromatic nitrogens is 3. The molecular weight excluding hydrogens is 308 g/mol. The van der Waals surface area contributed by atoms with Crippen molar-refractivity contribution in [1.29, 1.82) is 0 Å². The molecule has 1 saturated heterocycles. The molecule has 0 radical (unpaired) electrons. The Morgan fingerprint density at radius 3 is 2.81 bits per heavy atom. The second-order valence-corrected chi connectivity index (χ2v) is 7.30. The molecule has 3 heterocycles. The predicted molar refractivity (Wildman–Crippen MR) is 82.2 cm³/mol. The van der Waals surface area contributed by atoms with E-state index in [2.05, 4.69) is 20.1 Å². The molecule has 1 atom stereocenters. The van der Waals surface area contributed by atoms with Gasteiger partial charge in [0.2, 0.25) is 5.13 Å². The molecule has 0 spiro atoms. The summed E-state index contributed by atoms with van der Waals surface area (Å²) in [6.07, 6.45) is 2.11. The van der Waals surface area contributed by atoms with E-state index in [0.29, 0.717) is 5.69 Å². The molecular formula is C13H16N4O2S2. The Balaban J connectivity index is 1.90. The van der Waals surface area contributed by atoms with E-state index < -0.39 is 0 Å². The lowest BCUT2D eigenvalue weighted by atomic mass is 10.2. The molecule has 0 aliphatic carbocycles. The highest BCUT2D eigenvalue weighted by Gasteiger charge is 2.32. The number of hydrogen-bond acceptors (Lipinski definition) is 8. The van der Waals surface area contributed by atoms with Gasteiger partial charge in [0, 0.05) is 11.4 Å². The number of rotatable bonds is 3. The summed E-state index contributed by atoms with van der Waals surface area (Å²) in [6.45, 7) is 4.81. The number of carbonyl (C=O) groups is 1. The molecule has 8 heteroatoms. The van der Waals surface area contributed by atoms with Crippen molar-refractivity contribution in [2.75, 3.05) is 18.6 Å². The van der Waals surface area contributed by atoms with Crippen LogP contribution in [-0.4, -0.2) is 34.8 Å². The topological polar surface area (TPSA) is 68.2 Å². The second-order valence-electron chi connectivity index (χ2n) is 4.90. The maximum atomic E-state index is 11.7. The second kappa shape index (κ2) is 5.69. The van der Waals surface area contributed by atoms with Crippen LogP contribution in [0.15, 0.2) is 0 Å². The molecule has 2 aromatic heterocycles. The van der Waals surface area contributed by atoms with Crippen LogP contribution < -0.4 is 4.90 Å². The minimum absolute atomic E-state index is 0.180. The zero-order valence-corrected chi connectivity index (χ0v) is 13.8. The van der Waals surface area contributed by atoms with Gasteiger partial charge in [0.05, 0.1) is 13.2 Å². The third kappa shape index (κ3) is 2.65. The van der Waals surface area contributed by atoms with Crippen LogP contribution in [0.5, 0.6) is 0 Å². The molecule has 6 nitrogen and oxygen atoms in total. The summed E-state index contributed by atoms with van der Waals surface area (Å²) in [5.74, 6) is -0.369. The molecule has 0 N–H and O–H groups in total. The normalized spacial score (nSPS) is 18.2. The van der Waals surface area contributed by atoms with Gasteiger partial charge in [-0.15, -0.1) is 21.5 Å². The number of esters is 1. The monoisotopic (exact) mass is 324 g/mol. The van der Waals surface area contributed by atoms with E-state index in [4.69, 9.17) is 4.74 Å². The van der Waals surface area contributed by atoms with Crippen molar-refractivity contribution in [3.63, 3.8) is 0 Å². The van der Waals surface area contributed by atoms with E-state index in [0.717, 1.165) is 39.4 Å². The molecule has 21 heavy (non-hydrogen) atoms. The Bertz CT molecular complexity index is 667. The highest BCUT2D eigenvalue weighted by atomic mass is 32.1. The Kier molecular flexibility index (Phi) is 3.90. The summed E-state index contributed by atoms with van der Waals surface area (Å²) in [4.78, 5) is 19.3. The molecule has 3 rings (SSSR count). The van der Waals surface area contributed by atoms with Crippen molar-refractivity contribution in [2.45, 2.75) is 32.7 Å². The number of carbonyl (C=O) groups excluding carboxylic acids is 1. The van der Waals surface area contributed by atoms with Gasteiger partial charge in [0.1, 0.15) is 10.0 Å². The maximum absolute atomic E-state index is 11.7. The third-order valence-electron chi connectivity index (χ3n) is 3.49. The van der Waals surface area contributed by atoms with Gasteiger partial charge in [0.25, 0.3) is 0 Å². The number of thiazole rings is 1. The first kappa shape index (κ1) is 14.4. The highest BCUT2D eigenvalue weighted by molar-refractivity contribution is 7.15. The van der Waals surface area contributed by atoms with Gasteiger partial charge in [-0.3, -0.25) is 0 Å². The number of anilines is 1. The first-order valence-corrected chi connectivity index (χ1v) is 8.36. The smallest absolute Gasteiger partial charge is 0.357 e. The number of hydrogen-bond donors (Lipinski definition) is 0. The first-order chi connectivity index (χ1) is 10.1.